The van der Waals surface area contributed by atoms with E-state index in [1.165, 1.54) is 4.57 Å². The standard InChI is InChI=1S/C19H21ClN4O4/c1-10-21-15-11(5-4-6-12(15)22-18(28)19(2,3)9-20)17(27)24(10)13-7-8-14(25)23-16(13)26/h4-6,13H,7-9H2,1-3H3,(H,22,28)(H,23,25,26). The van der Waals surface area contributed by atoms with Crippen molar-refractivity contribution < 1.29 is 14.4 Å². The second-order valence-electron chi connectivity index (χ2n) is 7.47. The first-order chi connectivity index (χ1) is 13.2. The molecule has 0 spiro atoms. The van der Waals surface area contributed by atoms with Crippen LogP contribution in [0.25, 0.3) is 10.9 Å². The van der Waals surface area contributed by atoms with E-state index in [9.17, 15) is 19.2 Å². The summed E-state index contributed by atoms with van der Waals surface area (Å²) in [5.41, 5.74) is -0.450. The van der Waals surface area contributed by atoms with E-state index in [4.69, 9.17) is 11.6 Å². The maximum atomic E-state index is 13.1. The third kappa shape index (κ3) is 3.52. The molecule has 0 bridgehead atoms. The van der Waals surface area contributed by atoms with Crippen LogP contribution in [-0.2, 0) is 14.4 Å². The molecular formula is C19H21ClN4O4. The topological polar surface area (TPSA) is 110 Å². The van der Waals surface area contributed by atoms with E-state index in [1.54, 1.807) is 39.0 Å². The lowest BCUT2D eigenvalue weighted by atomic mass is 9.95. The summed E-state index contributed by atoms with van der Waals surface area (Å²) in [7, 11) is 0. The Labute approximate surface area is 166 Å². The van der Waals surface area contributed by atoms with Crippen LogP contribution in [0, 0.1) is 12.3 Å². The Morgan fingerprint density at radius 3 is 2.71 bits per heavy atom. The number of nitrogens with one attached hydrogen (secondary N) is 2. The van der Waals surface area contributed by atoms with E-state index in [0.717, 1.165) is 0 Å². The number of carbonyl (C=O) groups is 3. The lowest BCUT2D eigenvalue weighted by molar-refractivity contribution is -0.135. The van der Waals surface area contributed by atoms with Crippen LogP contribution in [0.15, 0.2) is 23.0 Å². The summed E-state index contributed by atoms with van der Waals surface area (Å²) in [6.07, 6.45) is 0.392. The number of nitrogens with zero attached hydrogens (tertiary/aromatic N) is 2. The fraction of sp³-hybridized carbons (Fsp3) is 0.421. The maximum absolute atomic E-state index is 13.1. The average molecular weight is 405 g/mol. The van der Waals surface area contributed by atoms with Gasteiger partial charge in [0.05, 0.1) is 16.5 Å². The first-order valence-corrected chi connectivity index (χ1v) is 9.42. The number of fused-ring (bicyclic) bond motifs is 1. The summed E-state index contributed by atoms with van der Waals surface area (Å²) in [6.45, 7) is 5.05. The smallest absolute Gasteiger partial charge is 0.262 e. The van der Waals surface area contributed by atoms with Crippen molar-refractivity contribution in [1.82, 2.24) is 14.9 Å². The average Bonchev–Trinajstić information content (AvgIpc) is 2.64. The number of hydrogen-bond acceptors (Lipinski definition) is 5. The number of aryl methyl sites for hydroxylation is 1. The first-order valence-electron chi connectivity index (χ1n) is 8.88. The van der Waals surface area contributed by atoms with Gasteiger partial charge in [-0.1, -0.05) is 6.07 Å². The van der Waals surface area contributed by atoms with Gasteiger partial charge >= 0.3 is 0 Å². The number of amides is 3. The lowest BCUT2D eigenvalue weighted by Gasteiger charge is -2.25. The second kappa shape index (κ2) is 7.35. The van der Waals surface area contributed by atoms with Gasteiger partial charge in [-0.3, -0.25) is 29.1 Å². The highest BCUT2D eigenvalue weighted by Crippen LogP contribution is 2.26. The number of piperidine rings is 1. The summed E-state index contributed by atoms with van der Waals surface area (Å²) in [5.74, 6) is -0.698. The van der Waals surface area contributed by atoms with Gasteiger partial charge < -0.3 is 5.32 Å². The zero-order valence-electron chi connectivity index (χ0n) is 15.8. The minimum atomic E-state index is -0.796. The van der Waals surface area contributed by atoms with Crippen molar-refractivity contribution in [2.75, 3.05) is 11.2 Å². The fourth-order valence-electron chi connectivity index (χ4n) is 3.08. The molecule has 8 nitrogen and oxygen atoms in total. The third-order valence-electron chi connectivity index (χ3n) is 4.83. The van der Waals surface area contributed by atoms with E-state index in [-0.39, 0.29) is 35.9 Å². The minimum absolute atomic E-state index is 0.137. The molecule has 0 saturated carbocycles. The molecule has 2 N–H and O–H groups in total. The van der Waals surface area contributed by atoms with Gasteiger partial charge in [-0.15, -0.1) is 11.6 Å². The number of rotatable bonds is 4. The summed E-state index contributed by atoms with van der Waals surface area (Å²) in [5, 5.41) is 5.32. The number of anilines is 1. The van der Waals surface area contributed by atoms with Crippen molar-refractivity contribution in [3.8, 4) is 0 Å². The molecule has 1 aromatic heterocycles. The van der Waals surface area contributed by atoms with Crippen molar-refractivity contribution in [2.24, 2.45) is 5.41 Å². The van der Waals surface area contributed by atoms with Crippen LogP contribution in [0.1, 0.15) is 38.6 Å². The van der Waals surface area contributed by atoms with Crippen molar-refractivity contribution in [2.45, 2.75) is 39.7 Å². The number of hydrogen-bond donors (Lipinski definition) is 2. The molecule has 2 heterocycles. The normalized spacial score (nSPS) is 17.5. The van der Waals surface area contributed by atoms with Crippen molar-refractivity contribution in [1.29, 1.82) is 0 Å². The number of halogens is 1. The molecule has 1 aliphatic rings. The Bertz CT molecular complexity index is 1040. The highest BCUT2D eigenvalue weighted by Gasteiger charge is 2.31. The number of carbonyl (C=O) groups excluding carboxylic acids is 3. The van der Waals surface area contributed by atoms with Gasteiger partial charge in [-0.2, -0.15) is 0 Å². The highest BCUT2D eigenvalue weighted by molar-refractivity contribution is 6.20. The second-order valence-corrected chi connectivity index (χ2v) is 7.74. The summed E-state index contributed by atoms with van der Waals surface area (Å²) < 4.78 is 1.30. The number of para-hydroxylation sites is 1. The summed E-state index contributed by atoms with van der Waals surface area (Å²) in [6, 6.07) is 4.09. The Morgan fingerprint density at radius 1 is 1.36 bits per heavy atom. The molecule has 0 aliphatic carbocycles. The molecule has 1 atom stereocenters. The zero-order valence-corrected chi connectivity index (χ0v) is 16.6. The minimum Gasteiger partial charge on any atom is -0.324 e. The number of alkyl halides is 1. The van der Waals surface area contributed by atoms with Crippen LogP contribution in [0.4, 0.5) is 5.69 Å². The van der Waals surface area contributed by atoms with Crippen LogP contribution < -0.4 is 16.2 Å². The predicted molar refractivity (Wildman–Crippen MR) is 105 cm³/mol. The first kappa shape index (κ1) is 20.0. The summed E-state index contributed by atoms with van der Waals surface area (Å²) in [4.78, 5) is 53.7. The quantitative estimate of drug-likeness (QED) is 0.597. The Morgan fingerprint density at radius 2 is 2.07 bits per heavy atom. The molecule has 3 rings (SSSR count). The SMILES string of the molecule is Cc1nc2c(NC(=O)C(C)(C)CCl)cccc2c(=O)n1C1CCC(=O)NC1=O. The van der Waals surface area contributed by atoms with E-state index < -0.39 is 22.9 Å². The largest absolute Gasteiger partial charge is 0.324 e. The Balaban J connectivity index is 2.09. The van der Waals surface area contributed by atoms with Gasteiger partial charge in [-0.05, 0) is 39.3 Å². The van der Waals surface area contributed by atoms with Crippen molar-refractivity contribution >= 4 is 45.9 Å². The molecule has 0 radical (unpaired) electrons. The molecule has 28 heavy (non-hydrogen) atoms. The molecule has 3 amide bonds. The van der Waals surface area contributed by atoms with E-state index in [1.807, 2.05) is 0 Å². The van der Waals surface area contributed by atoms with Crippen LogP contribution in [0.3, 0.4) is 0 Å². The molecule has 1 aromatic carbocycles. The molecular weight excluding hydrogens is 384 g/mol. The van der Waals surface area contributed by atoms with Gasteiger partial charge in [0, 0.05) is 12.3 Å². The molecule has 1 fully saturated rings. The van der Waals surface area contributed by atoms with Crippen LogP contribution >= 0.6 is 11.6 Å². The van der Waals surface area contributed by atoms with Crippen LogP contribution in [0.5, 0.6) is 0 Å². The molecule has 1 unspecified atom stereocenters. The van der Waals surface area contributed by atoms with Crippen molar-refractivity contribution in [3.63, 3.8) is 0 Å². The summed E-state index contributed by atoms with van der Waals surface area (Å²) >= 11 is 5.86. The van der Waals surface area contributed by atoms with Crippen LogP contribution in [-0.4, -0.2) is 33.2 Å². The van der Waals surface area contributed by atoms with Gasteiger partial charge in [0.2, 0.25) is 17.7 Å². The van der Waals surface area contributed by atoms with Gasteiger partial charge in [-0.25, -0.2) is 4.98 Å². The van der Waals surface area contributed by atoms with E-state index in [2.05, 4.69) is 15.6 Å². The number of aromatic nitrogens is 2. The van der Waals surface area contributed by atoms with Gasteiger partial charge in [0.15, 0.2) is 0 Å². The fourth-order valence-corrected chi connectivity index (χ4v) is 3.20. The van der Waals surface area contributed by atoms with Gasteiger partial charge in [0.1, 0.15) is 17.4 Å². The predicted octanol–water partition coefficient (Wildman–Crippen LogP) is 1.89. The molecule has 2 aromatic rings. The molecule has 1 saturated heterocycles. The molecule has 9 heteroatoms. The Kier molecular flexibility index (Phi) is 5.25. The monoisotopic (exact) mass is 404 g/mol. The van der Waals surface area contributed by atoms with E-state index in [0.29, 0.717) is 17.0 Å². The Hall–Kier alpha value is -2.74. The van der Waals surface area contributed by atoms with E-state index >= 15 is 0 Å². The highest BCUT2D eigenvalue weighted by atomic mass is 35.5. The lowest BCUT2D eigenvalue weighted by Crippen LogP contribution is -2.45. The van der Waals surface area contributed by atoms with Gasteiger partial charge in [0.25, 0.3) is 5.56 Å². The third-order valence-corrected chi connectivity index (χ3v) is 5.49. The number of benzene rings is 1. The number of imide groups is 1. The van der Waals surface area contributed by atoms with Crippen molar-refractivity contribution in [3.05, 3.63) is 34.4 Å². The molecule has 1 aliphatic heterocycles. The van der Waals surface area contributed by atoms with Crippen LogP contribution in [0.2, 0.25) is 0 Å². The maximum Gasteiger partial charge on any atom is 0.262 e. The zero-order chi connectivity index (χ0) is 20.6. The molecule has 148 valence electrons.